The van der Waals surface area contributed by atoms with Gasteiger partial charge in [-0.15, -0.1) is 0 Å². The van der Waals surface area contributed by atoms with Crippen molar-refractivity contribution in [2.45, 2.75) is 12.5 Å². The highest BCUT2D eigenvalue weighted by atomic mass is 79.9. The molecule has 2 aromatic carbocycles. The maximum Gasteiger partial charge on any atom is 0.328 e. The average molecular weight is 377 g/mol. The highest BCUT2D eigenvalue weighted by Crippen LogP contribution is 2.18. The number of halogens is 1. The first-order valence-corrected chi connectivity index (χ1v) is 7.78. The molecule has 120 valence electrons. The Labute approximate surface area is 143 Å². The number of anilines is 1. The highest BCUT2D eigenvalue weighted by Gasteiger charge is 2.23. The zero-order valence-corrected chi connectivity index (χ0v) is 14.2. The van der Waals surface area contributed by atoms with E-state index < -0.39 is 17.9 Å². The maximum absolute atomic E-state index is 12.4. The summed E-state index contributed by atoms with van der Waals surface area (Å²) < 4.78 is 5.56. The molecule has 2 aromatic rings. The number of nitrogen functional groups attached to an aromatic ring is 1. The quantitative estimate of drug-likeness (QED) is 0.620. The summed E-state index contributed by atoms with van der Waals surface area (Å²) >= 11 is 3.29. The Hall–Kier alpha value is -2.34. The van der Waals surface area contributed by atoms with E-state index in [0.717, 1.165) is 10.0 Å². The van der Waals surface area contributed by atoms with Crippen LogP contribution in [0.4, 0.5) is 5.69 Å². The fourth-order valence-corrected chi connectivity index (χ4v) is 2.54. The van der Waals surface area contributed by atoms with Gasteiger partial charge in [0.1, 0.15) is 6.04 Å². The van der Waals surface area contributed by atoms with E-state index in [1.165, 1.54) is 7.11 Å². The number of ether oxygens (including phenoxy) is 1. The van der Waals surface area contributed by atoms with Crippen molar-refractivity contribution in [1.82, 2.24) is 5.32 Å². The van der Waals surface area contributed by atoms with E-state index in [9.17, 15) is 9.59 Å². The molecular weight excluding hydrogens is 360 g/mol. The van der Waals surface area contributed by atoms with E-state index in [-0.39, 0.29) is 0 Å². The Morgan fingerprint density at radius 2 is 1.91 bits per heavy atom. The summed E-state index contributed by atoms with van der Waals surface area (Å²) in [6, 6.07) is 13.6. The molecule has 0 spiro atoms. The molecule has 0 aliphatic rings. The fourth-order valence-electron chi connectivity index (χ4n) is 2.16. The molecule has 0 saturated heterocycles. The molecule has 1 atom stereocenters. The van der Waals surface area contributed by atoms with Crippen LogP contribution < -0.4 is 11.1 Å². The summed E-state index contributed by atoms with van der Waals surface area (Å²) in [5.41, 5.74) is 7.42. The minimum Gasteiger partial charge on any atom is -0.467 e. The van der Waals surface area contributed by atoms with E-state index >= 15 is 0 Å². The highest BCUT2D eigenvalue weighted by molar-refractivity contribution is 9.10. The number of nitrogens with two attached hydrogens (primary N) is 1. The van der Waals surface area contributed by atoms with Gasteiger partial charge in [0.25, 0.3) is 5.91 Å². The number of methoxy groups -OCH3 is 1. The largest absolute Gasteiger partial charge is 0.467 e. The van der Waals surface area contributed by atoms with Crippen LogP contribution >= 0.6 is 15.9 Å². The lowest BCUT2D eigenvalue weighted by atomic mass is 10.1. The summed E-state index contributed by atoms with van der Waals surface area (Å²) in [5, 5.41) is 2.68. The molecule has 0 saturated carbocycles. The monoisotopic (exact) mass is 376 g/mol. The first-order chi connectivity index (χ1) is 11.0. The molecule has 1 amide bonds. The van der Waals surface area contributed by atoms with Gasteiger partial charge in [-0.05, 0) is 23.8 Å². The van der Waals surface area contributed by atoms with Gasteiger partial charge in [0, 0.05) is 16.6 Å². The van der Waals surface area contributed by atoms with Crippen LogP contribution in [0.25, 0.3) is 0 Å². The molecule has 2 rings (SSSR count). The number of hydrogen-bond acceptors (Lipinski definition) is 4. The van der Waals surface area contributed by atoms with Gasteiger partial charge >= 0.3 is 5.97 Å². The second kappa shape index (κ2) is 7.78. The number of carbonyl (C=O) groups excluding carboxylic acids is 2. The smallest absolute Gasteiger partial charge is 0.328 e. The molecule has 0 aromatic heterocycles. The summed E-state index contributed by atoms with van der Waals surface area (Å²) in [6.07, 6.45) is 0.343. The van der Waals surface area contributed by atoms with Crippen molar-refractivity contribution >= 4 is 33.5 Å². The predicted molar refractivity (Wildman–Crippen MR) is 92.0 cm³/mol. The second-order valence-electron chi connectivity index (χ2n) is 4.97. The van der Waals surface area contributed by atoms with E-state index in [2.05, 4.69) is 21.2 Å². The number of carbonyl (C=O) groups is 2. The summed E-state index contributed by atoms with van der Waals surface area (Å²) in [7, 11) is 1.29. The Morgan fingerprint density at radius 1 is 1.22 bits per heavy atom. The van der Waals surface area contributed by atoms with E-state index in [0.29, 0.717) is 17.7 Å². The Balaban J connectivity index is 2.17. The van der Waals surface area contributed by atoms with Crippen molar-refractivity contribution in [2.75, 3.05) is 12.8 Å². The van der Waals surface area contributed by atoms with Gasteiger partial charge < -0.3 is 15.8 Å². The summed E-state index contributed by atoms with van der Waals surface area (Å²) in [6.45, 7) is 0. The molecule has 0 fully saturated rings. The van der Waals surface area contributed by atoms with Gasteiger partial charge in [0.2, 0.25) is 0 Å². The van der Waals surface area contributed by atoms with Crippen molar-refractivity contribution in [2.24, 2.45) is 0 Å². The average Bonchev–Trinajstić information content (AvgIpc) is 2.54. The zero-order valence-electron chi connectivity index (χ0n) is 12.6. The van der Waals surface area contributed by atoms with Gasteiger partial charge in [-0.2, -0.15) is 0 Å². The molecule has 0 unspecified atom stereocenters. The molecule has 5 nitrogen and oxygen atoms in total. The van der Waals surface area contributed by atoms with Gasteiger partial charge in [-0.3, -0.25) is 4.79 Å². The number of benzene rings is 2. The van der Waals surface area contributed by atoms with Crippen LogP contribution in [0.1, 0.15) is 15.9 Å². The SMILES string of the molecule is COC(=O)[C@H](Cc1ccccc1)NC(=O)c1ccc(Br)cc1N. The molecule has 0 aliphatic carbocycles. The van der Waals surface area contributed by atoms with Crippen LogP contribution in [-0.4, -0.2) is 25.0 Å². The molecule has 3 N–H and O–H groups in total. The lowest BCUT2D eigenvalue weighted by molar-refractivity contribution is -0.142. The second-order valence-corrected chi connectivity index (χ2v) is 5.89. The molecule has 0 heterocycles. The molecular formula is C17H17BrN2O3. The zero-order chi connectivity index (χ0) is 16.8. The van der Waals surface area contributed by atoms with E-state index in [1.54, 1.807) is 18.2 Å². The topological polar surface area (TPSA) is 81.4 Å². The van der Waals surface area contributed by atoms with E-state index in [1.807, 2.05) is 30.3 Å². The minimum atomic E-state index is -0.780. The third kappa shape index (κ3) is 4.56. The Kier molecular flexibility index (Phi) is 5.76. The number of hydrogen-bond donors (Lipinski definition) is 2. The standard InChI is InChI=1S/C17H17BrN2O3/c1-23-17(22)15(9-11-5-3-2-4-6-11)20-16(21)13-8-7-12(18)10-14(13)19/h2-8,10,15H,9,19H2,1H3,(H,20,21)/t15-/m0/s1. The van der Waals surface area contributed by atoms with Gasteiger partial charge in [-0.1, -0.05) is 46.3 Å². The van der Waals surface area contributed by atoms with Crippen LogP contribution in [0.5, 0.6) is 0 Å². The van der Waals surface area contributed by atoms with Crippen LogP contribution in [0.15, 0.2) is 53.0 Å². The fraction of sp³-hybridized carbons (Fsp3) is 0.176. The van der Waals surface area contributed by atoms with Crippen LogP contribution in [0.3, 0.4) is 0 Å². The molecule has 6 heteroatoms. The van der Waals surface area contributed by atoms with E-state index in [4.69, 9.17) is 10.5 Å². The molecule has 0 aliphatic heterocycles. The maximum atomic E-state index is 12.4. The predicted octanol–water partition coefficient (Wildman–Crippen LogP) is 2.55. The number of nitrogens with one attached hydrogen (secondary N) is 1. The lowest BCUT2D eigenvalue weighted by Gasteiger charge is -2.17. The third-order valence-corrected chi connectivity index (χ3v) is 3.83. The lowest BCUT2D eigenvalue weighted by Crippen LogP contribution is -2.43. The molecule has 0 radical (unpaired) electrons. The van der Waals surface area contributed by atoms with Crippen molar-refractivity contribution in [3.05, 3.63) is 64.1 Å². The van der Waals surface area contributed by atoms with Crippen molar-refractivity contribution in [1.29, 1.82) is 0 Å². The third-order valence-electron chi connectivity index (χ3n) is 3.33. The Bertz CT molecular complexity index is 704. The number of amides is 1. The number of esters is 1. The molecule has 23 heavy (non-hydrogen) atoms. The summed E-state index contributed by atoms with van der Waals surface area (Å²) in [5.74, 6) is -0.917. The first kappa shape index (κ1) is 17.0. The normalized spacial score (nSPS) is 11.6. The molecule has 0 bridgehead atoms. The Morgan fingerprint density at radius 3 is 2.52 bits per heavy atom. The van der Waals surface area contributed by atoms with Gasteiger partial charge in [0.15, 0.2) is 0 Å². The van der Waals surface area contributed by atoms with Crippen LogP contribution in [0, 0.1) is 0 Å². The minimum absolute atomic E-state index is 0.315. The summed E-state index contributed by atoms with van der Waals surface area (Å²) in [4.78, 5) is 24.3. The van der Waals surface area contributed by atoms with Gasteiger partial charge in [0.05, 0.1) is 12.7 Å². The van der Waals surface area contributed by atoms with Gasteiger partial charge in [-0.25, -0.2) is 4.79 Å². The number of rotatable bonds is 5. The van der Waals surface area contributed by atoms with Crippen molar-refractivity contribution < 1.29 is 14.3 Å². The van der Waals surface area contributed by atoms with Crippen LogP contribution in [-0.2, 0) is 16.0 Å². The first-order valence-electron chi connectivity index (χ1n) is 6.99. The van der Waals surface area contributed by atoms with Crippen LogP contribution in [0.2, 0.25) is 0 Å². The van der Waals surface area contributed by atoms with Crippen molar-refractivity contribution in [3.8, 4) is 0 Å². The van der Waals surface area contributed by atoms with Crippen molar-refractivity contribution in [3.63, 3.8) is 0 Å².